The van der Waals surface area contributed by atoms with Crippen LogP contribution >= 0.6 is 11.6 Å². The zero-order valence-corrected chi connectivity index (χ0v) is 13.0. The van der Waals surface area contributed by atoms with Crippen LogP contribution in [0.1, 0.15) is 24.0 Å². The third-order valence-corrected chi connectivity index (χ3v) is 3.95. The lowest BCUT2D eigenvalue weighted by atomic mass is 9.99. The Morgan fingerprint density at radius 1 is 1.32 bits per heavy atom. The summed E-state index contributed by atoms with van der Waals surface area (Å²) in [4.78, 5) is 25.1. The summed E-state index contributed by atoms with van der Waals surface area (Å²) in [7, 11) is 1.60. The van der Waals surface area contributed by atoms with E-state index in [0.29, 0.717) is 25.9 Å². The number of aliphatic carboxylic acids is 1. The normalized spacial score (nSPS) is 12.5. The number of rotatable bonds is 7. The number of methoxy groups -OCH3 is 1. The molecule has 0 saturated heterocycles. The van der Waals surface area contributed by atoms with Gasteiger partial charge in [-0.15, -0.1) is 11.6 Å². The number of nitrogens with one attached hydrogen (secondary N) is 1. The molecule has 0 fully saturated rings. The number of ether oxygens (including phenoxy) is 1. The van der Waals surface area contributed by atoms with Crippen LogP contribution in [0.3, 0.4) is 0 Å². The fourth-order valence-electron chi connectivity index (χ4n) is 2.46. The molecule has 1 atom stereocenters. The fourth-order valence-corrected chi connectivity index (χ4v) is 2.61. The van der Waals surface area contributed by atoms with E-state index in [1.54, 1.807) is 13.2 Å². The summed E-state index contributed by atoms with van der Waals surface area (Å²) in [5.74, 6) is -0.994. The molecule has 0 aliphatic heterocycles. The van der Waals surface area contributed by atoms with E-state index >= 15 is 0 Å². The second-order valence-electron chi connectivity index (χ2n) is 5.13. The highest BCUT2D eigenvalue weighted by molar-refractivity contribution is 6.29. The SMILES string of the molecule is COCc1ccc(CCCC(Cl)C(=O)O)c2ccc(=O)[nH]c12. The van der Waals surface area contributed by atoms with Gasteiger partial charge in [0.05, 0.1) is 12.1 Å². The van der Waals surface area contributed by atoms with Gasteiger partial charge in [0, 0.05) is 24.1 Å². The number of alkyl halides is 1. The number of fused-ring (bicyclic) bond motifs is 1. The molecule has 1 unspecified atom stereocenters. The Balaban J connectivity index is 2.25. The molecule has 0 bridgehead atoms. The van der Waals surface area contributed by atoms with Gasteiger partial charge in [0.2, 0.25) is 5.56 Å². The van der Waals surface area contributed by atoms with Gasteiger partial charge in [0.1, 0.15) is 5.38 Å². The standard InChI is InChI=1S/C16H18ClNO4/c1-22-9-11-6-5-10(3-2-4-13(17)16(20)21)12-7-8-14(19)18-15(11)12/h5-8,13H,2-4,9H2,1H3,(H,18,19)(H,20,21). The third-order valence-electron chi connectivity index (χ3n) is 3.54. The van der Waals surface area contributed by atoms with E-state index in [1.165, 1.54) is 6.07 Å². The van der Waals surface area contributed by atoms with Crippen molar-refractivity contribution in [3.05, 3.63) is 45.7 Å². The van der Waals surface area contributed by atoms with Crippen LogP contribution in [-0.2, 0) is 22.6 Å². The number of carbonyl (C=O) groups is 1. The molecule has 0 spiro atoms. The number of hydrogen-bond acceptors (Lipinski definition) is 3. The smallest absolute Gasteiger partial charge is 0.321 e. The first-order valence-corrected chi connectivity index (χ1v) is 7.46. The molecule has 2 rings (SSSR count). The quantitative estimate of drug-likeness (QED) is 0.768. The number of carboxylic acids is 1. The highest BCUT2D eigenvalue weighted by atomic mass is 35.5. The molecule has 1 aromatic heterocycles. The number of benzene rings is 1. The maximum Gasteiger partial charge on any atom is 0.321 e. The van der Waals surface area contributed by atoms with Crippen molar-refractivity contribution < 1.29 is 14.6 Å². The van der Waals surface area contributed by atoms with Crippen molar-refractivity contribution in [2.24, 2.45) is 0 Å². The van der Waals surface area contributed by atoms with Crippen LogP contribution in [-0.4, -0.2) is 28.5 Å². The minimum Gasteiger partial charge on any atom is -0.480 e. The molecule has 118 valence electrons. The van der Waals surface area contributed by atoms with Crippen molar-refractivity contribution in [2.75, 3.05) is 7.11 Å². The number of aryl methyl sites for hydroxylation is 1. The van der Waals surface area contributed by atoms with Crippen LogP contribution < -0.4 is 5.56 Å². The summed E-state index contributed by atoms with van der Waals surface area (Å²) < 4.78 is 5.15. The summed E-state index contributed by atoms with van der Waals surface area (Å²) in [5.41, 5.74) is 2.58. The summed E-state index contributed by atoms with van der Waals surface area (Å²) in [6, 6.07) is 7.19. The number of H-pyrrole nitrogens is 1. The average molecular weight is 324 g/mol. The topological polar surface area (TPSA) is 79.4 Å². The zero-order valence-electron chi connectivity index (χ0n) is 12.3. The van der Waals surface area contributed by atoms with E-state index in [9.17, 15) is 9.59 Å². The van der Waals surface area contributed by atoms with Crippen LogP contribution in [0.2, 0.25) is 0 Å². The summed E-state index contributed by atoms with van der Waals surface area (Å²) in [6.45, 7) is 0.416. The van der Waals surface area contributed by atoms with Crippen LogP contribution in [0.4, 0.5) is 0 Å². The van der Waals surface area contributed by atoms with E-state index in [0.717, 1.165) is 22.0 Å². The molecular formula is C16H18ClNO4. The molecule has 1 heterocycles. The molecule has 5 nitrogen and oxygen atoms in total. The number of pyridine rings is 1. The van der Waals surface area contributed by atoms with Crippen LogP contribution in [0.5, 0.6) is 0 Å². The number of aromatic amines is 1. The largest absolute Gasteiger partial charge is 0.480 e. The van der Waals surface area contributed by atoms with Gasteiger partial charge in [-0.3, -0.25) is 9.59 Å². The second-order valence-corrected chi connectivity index (χ2v) is 5.65. The number of hydrogen-bond donors (Lipinski definition) is 2. The molecule has 0 radical (unpaired) electrons. The van der Waals surface area contributed by atoms with E-state index in [1.807, 2.05) is 12.1 Å². The van der Waals surface area contributed by atoms with Crippen LogP contribution in [0.15, 0.2) is 29.1 Å². The molecule has 0 amide bonds. The highest BCUT2D eigenvalue weighted by Crippen LogP contribution is 2.22. The molecule has 2 aromatic rings. The molecule has 0 saturated carbocycles. The number of halogens is 1. The lowest BCUT2D eigenvalue weighted by Gasteiger charge is -2.11. The first-order valence-electron chi connectivity index (χ1n) is 7.02. The monoisotopic (exact) mass is 323 g/mol. The lowest BCUT2D eigenvalue weighted by molar-refractivity contribution is -0.136. The van der Waals surface area contributed by atoms with Crippen LogP contribution in [0, 0.1) is 0 Å². The zero-order chi connectivity index (χ0) is 16.1. The molecular weight excluding hydrogens is 306 g/mol. The van der Waals surface area contributed by atoms with Gasteiger partial charge >= 0.3 is 5.97 Å². The van der Waals surface area contributed by atoms with E-state index < -0.39 is 11.3 Å². The molecule has 0 aliphatic carbocycles. The van der Waals surface area contributed by atoms with Crippen molar-refractivity contribution >= 4 is 28.5 Å². The fraction of sp³-hybridized carbons (Fsp3) is 0.375. The summed E-state index contributed by atoms with van der Waals surface area (Å²) in [5, 5.41) is 8.88. The maximum absolute atomic E-state index is 11.6. The van der Waals surface area contributed by atoms with Crippen LogP contribution in [0.25, 0.3) is 10.9 Å². The minimum absolute atomic E-state index is 0.159. The Kier molecular flexibility index (Phi) is 5.57. The van der Waals surface area contributed by atoms with Gasteiger partial charge in [-0.2, -0.15) is 0 Å². The molecule has 0 aliphatic rings. The Morgan fingerprint density at radius 2 is 2.05 bits per heavy atom. The molecule has 2 N–H and O–H groups in total. The van der Waals surface area contributed by atoms with E-state index in [4.69, 9.17) is 21.4 Å². The summed E-state index contributed by atoms with van der Waals surface area (Å²) in [6.07, 6.45) is 1.77. The number of aromatic nitrogens is 1. The minimum atomic E-state index is -0.994. The van der Waals surface area contributed by atoms with Gasteiger partial charge in [0.25, 0.3) is 0 Å². The average Bonchev–Trinajstić information content (AvgIpc) is 2.49. The van der Waals surface area contributed by atoms with Crippen molar-refractivity contribution in [1.29, 1.82) is 0 Å². The maximum atomic E-state index is 11.6. The van der Waals surface area contributed by atoms with Crippen molar-refractivity contribution in [3.8, 4) is 0 Å². The van der Waals surface area contributed by atoms with Gasteiger partial charge < -0.3 is 14.8 Å². The molecule has 22 heavy (non-hydrogen) atoms. The third kappa shape index (κ3) is 3.87. The van der Waals surface area contributed by atoms with E-state index in [-0.39, 0.29) is 5.56 Å². The predicted octanol–water partition coefficient (Wildman–Crippen LogP) is 2.69. The summed E-state index contributed by atoms with van der Waals surface area (Å²) >= 11 is 5.72. The lowest BCUT2D eigenvalue weighted by Crippen LogP contribution is -2.13. The Labute approximate surface area is 132 Å². The van der Waals surface area contributed by atoms with E-state index in [2.05, 4.69) is 4.98 Å². The van der Waals surface area contributed by atoms with Gasteiger partial charge in [-0.25, -0.2) is 0 Å². The first kappa shape index (κ1) is 16.5. The Bertz CT molecular complexity index is 726. The highest BCUT2D eigenvalue weighted by Gasteiger charge is 2.13. The number of carboxylic acid groups (broad SMARTS) is 1. The van der Waals surface area contributed by atoms with Gasteiger partial charge in [0.15, 0.2) is 0 Å². The van der Waals surface area contributed by atoms with Gasteiger partial charge in [-0.05, 0) is 30.9 Å². The molecule has 6 heteroatoms. The van der Waals surface area contributed by atoms with Crippen molar-refractivity contribution in [2.45, 2.75) is 31.2 Å². The first-order chi connectivity index (χ1) is 10.5. The Hall–Kier alpha value is -1.85. The van der Waals surface area contributed by atoms with Crippen molar-refractivity contribution in [3.63, 3.8) is 0 Å². The predicted molar refractivity (Wildman–Crippen MR) is 85.5 cm³/mol. The van der Waals surface area contributed by atoms with Gasteiger partial charge in [-0.1, -0.05) is 12.1 Å². The second kappa shape index (κ2) is 7.42. The molecule has 1 aromatic carbocycles. The van der Waals surface area contributed by atoms with Crippen molar-refractivity contribution in [1.82, 2.24) is 4.98 Å². The Morgan fingerprint density at radius 3 is 2.73 bits per heavy atom.